The van der Waals surface area contributed by atoms with Crippen molar-refractivity contribution >= 4 is 22.6 Å². The average molecular weight is 380 g/mol. The van der Waals surface area contributed by atoms with E-state index in [1.165, 1.54) is 11.1 Å². The molecule has 2 heteroatoms. The predicted molar refractivity (Wildman–Crippen MR) is 93.0 cm³/mol. The molecule has 2 aromatic rings. The van der Waals surface area contributed by atoms with Crippen LogP contribution in [-0.4, -0.2) is 5.11 Å². The van der Waals surface area contributed by atoms with E-state index in [0.717, 1.165) is 9.13 Å². The molecule has 0 amide bonds. The summed E-state index contributed by atoms with van der Waals surface area (Å²) in [6, 6.07) is 16.6. The van der Waals surface area contributed by atoms with Gasteiger partial charge in [0.2, 0.25) is 0 Å². The van der Waals surface area contributed by atoms with Gasteiger partial charge in [-0.05, 0) is 50.8 Å². The summed E-state index contributed by atoms with van der Waals surface area (Å²) in [5, 5.41) is 10.4. The van der Waals surface area contributed by atoms with Crippen LogP contribution in [0, 0.1) is 3.57 Å². The van der Waals surface area contributed by atoms with Crippen molar-refractivity contribution in [2.75, 3.05) is 0 Å². The molecule has 0 bridgehead atoms. The average Bonchev–Trinajstić information content (AvgIpc) is 2.38. The SMILES string of the molecule is CC(C)(C)c1ccc(CC(O)c2ccccc2I)cc1. The summed E-state index contributed by atoms with van der Waals surface area (Å²) >= 11 is 2.27. The highest BCUT2D eigenvalue weighted by molar-refractivity contribution is 14.1. The molecule has 0 heterocycles. The Morgan fingerprint density at radius 1 is 1.00 bits per heavy atom. The Bertz CT molecular complexity index is 567. The third-order valence-electron chi connectivity index (χ3n) is 3.51. The van der Waals surface area contributed by atoms with Crippen LogP contribution in [0.3, 0.4) is 0 Å². The summed E-state index contributed by atoms with van der Waals surface area (Å²) in [6.07, 6.45) is 0.216. The molecule has 0 aliphatic rings. The van der Waals surface area contributed by atoms with Crippen LogP contribution in [0.15, 0.2) is 48.5 Å². The first-order valence-corrected chi connectivity index (χ1v) is 7.98. The Kier molecular flexibility index (Phi) is 4.86. The first-order valence-electron chi connectivity index (χ1n) is 6.90. The minimum absolute atomic E-state index is 0.173. The van der Waals surface area contributed by atoms with E-state index >= 15 is 0 Å². The van der Waals surface area contributed by atoms with Crippen molar-refractivity contribution < 1.29 is 5.11 Å². The number of hydrogen-bond donors (Lipinski definition) is 1. The van der Waals surface area contributed by atoms with Crippen LogP contribution in [0.1, 0.15) is 43.6 Å². The van der Waals surface area contributed by atoms with Crippen molar-refractivity contribution in [3.8, 4) is 0 Å². The molecule has 2 rings (SSSR count). The van der Waals surface area contributed by atoms with E-state index < -0.39 is 6.10 Å². The van der Waals surface area contributed by atoms with Gasteiger partial charge in [0, 0.05) is 9.99 Å². The molecular formula is C18H21IO. The van der Waals surface area contributed by atoms with Gasteiger partial charge in [-0.3, -0.25) is 0 Å². The lowest BCUT2D eigenvalue weighted by Crippen LogP contribution is -2.11. The number of aliphatic hydroxyl groups is 1. The van der Waals surface area contributed by atoms with Crippen LogP contribution in [0.5, 0.6) is 0 Å². The second-order valence-corrected chi connectivity index (χ2v) is 7.35. The zero-order chi connectivity index (χ0) is 14.8. The van der Waals surface area contributed by atoms with E-state index in [9.17, 15) is 5.11 Å². The topological polar surface area (TPSA) is 20.2 Å². The summed E-state index contributed by atoms with van der Waals surface area (Å²) in [5.74, 6) is 0. The molecule has 106 valence electrons. The molecule has 0 fully saturated rings. The van der Waals surface area contributed by atoms with Crippen molar-refractivity contribution in [1.82, 2.24) is 0 Å². The quantitative estimate of drug-likeness (QED) is 0.754. The zero-order valence-corrected chi connectivity index (χ0v) is 14.4. The van der Waals surface area contributed by atoms with Crippen molar-refractivity contribution in [3.05, 3.63) is 68.8 Å². The van der Waals surface area contributed by atoms with Gasteiger partial charge in [-0.25, -0.2) is 0 Å². The molecule has 0 saturated carbocycles. The first kappa shape index (κ1) is 15.5. The summed E-state index contributed by atoms with van der Waals surface area (Å²) in [4.78, 5) is 0. The Morgan fingerprint density at radius 2 is 1.60 bits per heavy atom. The van der Waals surface area contributed by atoms with Crippen LogP contribution < -0.4 is 0 Å². The largest absolute Gasteiger partial charge is 0.388 e. The lowest BCUT2D eigenvalue weighted by Gasteiger charge is -2.19. The Labute approximate surface area is 135 Å². The molecule has 0 aliphatic carbocycles. The van der Waals surface area contributed by atoms with E-state index in [1.807, 2.05) is 24.3 Å². The molecule has 1 nitrogen and oxygen atoms in total. The lowest BCUT2D eigenvalue weighted by atomic mass is 9.86. The normalized spacial score (nSPS) is 13.2. The van der Waals surface area contributed by atoms with E-state index in [4.69, 9.17) is 0 Å². The van der Waals surface area contributed by atoms with Gasteiger partial charge in [-0.2, -0.15) is 0 Å². The third-order valence-corrected chi connectivity index (χ3v) is 4.50. The van der Waals surface area contributed by atoms with Crippen molar-refractivity contribution in [2.24, 2.45) is 0 Å². The number of rotatable bonds is 3. The minimum atomic E-state index is -0.441. The number of benzene rings is 2. The molecule has 2 aromatic carbocycles. The van der Waals surface area contributed by atoms with Crippen LogP contribution >= 0.6 is 22.6 Å². The third kappa shape index (κ3) is 3.83. The molecule has 20 heavy (non-hydrogen) atoms. The standard InChI is InChI=1S/C18H21IO/c1-18(2,3)14-10-8-13(9-11-14)12-17(20)15-6-4-5-7-16(15)19/h4-11,17,20H,12H2,1-3H3. The van der Waals surface area contributed by atoms with Crippen LogP contribution in [0.2, 0.25) is 0 Å². The van der Waals surface area contributed by atoms with Crippen molar-refractivity contribution in [3.63, 3.8) is 0 Å². The van der Waals surface area contributed by atoms with E-state index in [2.05, 4.69) is 67.6 Å². The predicted octanol–water partition coefficient (Wildman–Crippen LogP) is 4.86. The van der Waals surface area contributed by atoms with E-state index in [1.54, 1.807) is 0 Å². The molecule has 1 unspecified atom stereocenters. The highest BCUT2D eigenvalue weighted by Gasteiger charge is 2.14. The monoisotopic (exact) mass is 380 g/mol. The highest BCUT2D eigenvalue weighted by Crippen LogP contribution is 2.26. The maximum atomic E-state index is 10.4. The Balaban J connectivity index is 2.13. The highest BCUT2D eigenvalue weighted by atomic mass is 127. The fourth-order valence-electron chi connectivity index (χ4n) is 2.22. The summed E-state index contributed by atoms with van der Waals surface area (Å²) in [7, 11) is 0. The van der Waals surface area contributed by atoms with Gasteiger partial charge in [0.25, 0.3) is 0 Å². The molecule has 0 spiro atoms. The zero-order valence-electron chi connectivity index (χ0n) is 12.2. The van der Waals surface area contributed by atoms with Crippen LogP contribution in [0.25, 0.3) is 0 Å². The van der Waals surface area contributed by atoms with Gasteiger partial charge in [0.15, 0.2) is 0 Å². The molecule has 1 atom stereocenters. The number of halogens is 1. The number of hydrogen-bond acceptors (Lipinski definition) is 1. The maximum Gasteiger partial charge on any atom is 0.0840 e. The van der Waals surface area contributed by atoms with Gasteiger partial charge in [0.1, 0.15) is 0 Å². The molecule has 0 radical (unpaired) electrons. The summed E-state index contributed by atoms with van der Waals surface area (Å²) in [5.41, 5.74) is 3.68. The van der Waals surface area contributed by atoms with E-state index in [0.29, 0.717) is 6.42 Å². The van der Waals surface area contributed by atoms with Crippen molar-refractivity contribution in [2.45, 2.75) is 38.7 Å². The summed E-state index contributed by atoms with van der Waals surface area (Å²) < 4.78 is 1.11. The Hall–Kier alpha value is -0.870. The molecule has 0 saturated heterocycles. The maximum absolute atomic E-state index is 10.4. The lowest BCUT2D eigenvalue weighted by molar-refractivity contribution is 0.177. The second kappa shape index (κ2) is 6.27. The van der Waals surface area contributed by atoms with Gasteiger partial charge in [-0.15, -0.1) is 0 Å². The van der Waals surface area contributed by atoms with Gasteiger partial charge in [-0.1, -0.05) is 63.2 Å². The minimum Gasteiger partial charge on any atom is -0.388 e. The second-order valence-electron chi connectivity index (χ2n) is 6.19. The number of aliphatic hydroxyl groups excluding tert-OH is 1. The molecule has 0 aliphatic heterocycles. The van der Waals surface area contributed by atoms with Crippen LogP contribution in [0.4, 0.5) is 0 Å². The summed E-state index contributed by atoms with van der Waals surface area (Å²) in [6.45, 7) is 6.63. The molecule has 1 N–H and O–H groups in total. The first-order chi connectivity index (χ1) is 9.38. The fraction of sp³-hybridized carbons (Fsp3) is 0.333. The van der Waals surface area contributed by atoms with Gasteiger partial charge < -0.3 is 5.11 Å². The van der Waals surface area contributed by atoms with Gasteiger partial charge in [0.05, 0.1) is 6.10 Å². The van der Waals surface area contributed by atoms with Gasteiger partial charge >= 0.3 is 0 Å². The van der Waals surface area contributed by atoms with Crippen LogP contribution in [-0.2, 0) is 11.8 Å². The molecular weight excluding hydrogens is 359 g/mol. The fourth-order valence-corrected chi connectivity index (χ4v) is 2.97. The van der Waals surface area contributed by atoms with Crippen molar-refractivity contribution in [1.29, 1.82) is 0 Å². The van der Waals surface area contributed by atoms with E-state index in [-0.39, 0.29) is 5.41 Å². The smallest absolute Gasteiger partial charge is 0.0840 e. The molecule has 0 aromatic heterocycles. The Morgan fingerprint density at radius 3 is 2.15 bits per heavy atom.